The summed E-state index contributed by atoms with van der Waals surface area (Å²) in [5.41, 5.74) is 0.827. The number of carboxylic acid groups (broad SMARTS) is 1. The number of methoxy groups -OCH3 is 1. The molecule has 3 atom stereocenters. The molecular weight excluding hydrogens is 368 g/mol. The number of amides is 2. The molecule has 1 aromatic rings. The zero-order valence-corrected chi connectivity index (χ0v) is 15.8. The number of nitrogens with one attached hydrogen (secondary N) is 1. The summed E-state index contributed by atoms with van der Waals surface area (Å²) in [5, 5.41) is 11.7. The average Bonchev–Trinajstić information content (AvgIpc) is 2.65. The van der Waals surface area contributed by atoms with E-state index >= 15 is 0 Å². The van der Waals surface area contributed by atoms with Crippen LogP contribution in [-0.4, -0.2) is 73.4 Å². The Labute approximate surface area is 162 Å². The largest absolute Gasteiger partial charge is 0.490 e. The number of carbonyl (C=O) groups is 3. The van der Waals surface area contributed by atoms with Crippen LogP contribution in [-0.2, 0) is 19.1 Å². The third-order valence-corrected chi connectivity index (χ3v) is 4.97. The molecule has 1 fully saturated rings. The predicted molar refractivity (Wildman–Crippen MR) is 98.5 cm³/mol. The second kappa shape index (κ2) is 8.57. The normalized spacial score (nSPS) is 24.3. The highest BCUT2D eigenvalue weighted by atomic mass is 16.5. The van der Waals surface area contributed by atoms with Crippen LogP contribution in [0.1, 0.15) is 29.6 Å². The number of carboxylic acids is 1. The second-order valence-corrected chi connectivity index (χ2v) is 6.96. The summed E-state index contributed by atoms with van der Waals surface area (Å²) < 4.78 is 16.5. The lowest BCUT2D eigenvalue weighted by Gasteiger charge is -2.42. The van der Waals surface area contributed by atoms with E-state index < -0.39 is 12.1 Å². The third-order valence-electron chi connectivity index (χ3n) is 4.97. The minimum atomic E-state index is -0.909. The zero-order chi connectivity index (χ0) is 20.3. The summed E-state index contributed by atoms with van der Waals surface area (Å²) in [6.45, 7) is 0.126. The van der Waals surface area contributed by atoms with E-state index in [1.54, 1.807) is 30.1 Å². The van der Waals surface area contributed by atoms with Crippen LogP contribution < -0.4 is 10.1 Å². The Morgan fingerprint density at radius 1 is 1.36 bits per heavy atom. The van der Waals surface area contributed by atoms with Gasteiger partial charge >= 0.3 is 5.97 Å². The van der Waals surface area contributed by atoms with Gasteiger partial charge in [-0.1, -0.05) is 0 Å². The van der Waals surface area contributed by atoms with Gasteiger partial charge in [0.1, 0.15) is 25.1 Å². The Morgan fingerprint density at radius 3 is 2.86 bits per heavy atom. The molecule has 0 radical (unpaired) electrons. The second-order valence-electron chi connectivity index (χ2n) is 6.96. The monoisotopic (exact) mass is 392 g/mol. The molecule has 9 heteroatoms. The van der Waals surface area contributed by atoms with Crippen LogP contribution >= 0.6 is 0 Å². The number of rotatable bonds is 5. The Balaban J connectivity index is 1.80. The minimum Gasteiger partial charge on any atom is -0.490 e. The fourth-order valence-corrected chi connectivity index (χ4v) is 3.63. The first kappa shape index (κ1) is 20.1. The van der Waals surface area contributed by atoms with Crippen LogP contribution in [0.3, 0.4) is 0 Å². The predicted octanol–water partition coefficient (Wildman–Crippen LogP) is 1.13. The van der Waals surface area contributed by atoms with E-state index in [0.717, 1.165) is 0 Å². The molecular formula is C19H24N2O7. The van der Waals surface area contributed by atoms with Crippen molar-refractivity contribution in [2.75, 3.05) is 32.7 Å². The maximum atomic E-state index is 13.0. The molecule has 152 valence electrons. The fourth-order valence-electron chi connectivity index (χ4n) is 3.63. The first-order valence-corrected chi connectivity index (χ1v) is 9.09. The number of likely N-dealkylation sites (N-methyl/N-ethyl adjacent to an activating group) is 1. The van der Waals surface area contributed by atoms with Crippen molar-refractivity contribution >= 4 is 23.5 Å². The highest BCUT2D eigenvalue weighted by Crippen LogP contribution is 2.32. The number of aliphatic carboxylic acids is 1. The average molecular weight is 392 g/mol. The van der Waals surface area contributed by atoms with E-state index in [1.807, 2.05) is 0 Å². The van der Waals surface area contributed by atoms with Gasteiger partial charge in [-0.05, 0) is 31.0 Å². The van der Waals surface area contributed by atoms with E-state index in [4.69, 9.17) is 19.3 Å². The van der Waals surface area contributed by atoms with Crippen LogP contribution in [0.25, 0.3) is 0 Å². The molecule has 3 rings (SSSR count). The molecule has 0 aliphatic carbocycles. The first-order chi connectivity index (χ1) is 13.4. The molecule has 0 saturated carbocycles. The molecule has 2 aliphatic rings. The van der Waals surface area contributed by atoms with Gasteiger partial charge in [0, 0.05) is 19.8 Å². The summed E-state index contributed by atoms with van der Waals surface area (Å²) in [6.07, 6.45) is 0.338. The third kappa shape index (κ3) is 4.42. The van der Waals surface area contributed by atoms with Gasteiger partial charge in [0.25, 0.3) is 5.91 Å². The summed E-state index contributed by atoms with van der Waals surface area (Å²) >= 11 is 0. The Hall–Kier alpha value is -2.65. The van der Waals surface area contributed by atoms with Crippen molar-refractivity contribution in [3.05, 3.63) is 23.8 Å². The molecule has 0 bridgehead atoms. The lowest BCUT2D eigenvalue weighted by Crippen LogP contribution is -2.53. The van der Waals surface area contributed by atoms with E-state index in [2.05, 4.69) is 5.32 Å². The van der Waals surface area contributed by atoms with Crippen molar-refractivity contribution in [3.63, 3.8) is 0 Å². The number of fused-ring (bicyclic) bond motifs is 2. The summed E-state index contributed by atoms with van der Waals surface area (Å²) in [6, 6.07) is 4.64. The van der Waals surface area contributed by atoms with E-state index in [1.165, 1.54) is 7.11 Å². The maximum Gasteiger partial charge on any atom is 0.305 e. The quantitative estimate of drug-likeness (QED) is 0.772. The number of benzene rings is 1. The lowest BCUT2D eigenvalue weighted by molar-refractivity contribution is -0.148. The highest BCUT2D eigenvalue weighted by molar-refractivity contribution is 6.00. The standard InChI is InChI=1S/C19H24N2O7/c1-21-14-5-4-12(8-18(23)24)28-16(14)9-27-15-6-3-11(7-13(15)19(21)25)20-17(22)10-26-2/h3,6-7,12,14,16H,4-5,8-10H2,1-2H3,(H,20,22)(H,23,24)/t12-,14-,16-/m0/s1. The molecule has 1 aromatic carbocycles. The van der Waals surface area contributed by atoms with E-state index in [9.17, 15) is 14.4 Å². The Kier molecular flexibility index (Phi) is 6.15. The molecule has 2 heterocycles. The SMILES string of the molecule is COCC(=O)Nc1ccc2c(c1)C(=O)N(C)[C@H]1CC[C@@H](CC(=O)O)O[C@H]1CO2. The highest BCUT2D eigenvalue weighted by Gasteiger charge is 2.39. The van der Waals surface area contributed by atoms with Crippen LogP contribution in [0, 0.1) is 0 Å². The van der Waals surface area contributed by atoms with Crippen molar-refractivity contribution in [1.82, 2.24) is 4.90 Å². The van der Waals surface area contributed by atoms with E-state index in [0.29, 0.717) is 29.8 Å². The van der Waals surface area contributed by atoms with Crippen molar-refractivity contribution < 1.29 is 33.7 Å². The van der Waals surface area contributed by atoms with Gasteiger partial charge in [-0.25, -0.2) is 0 Å². The summed E-state index contributed by atoms with van der Waals surface area (Å²) in [4.78, 5) is 37.3. The van der Waals surface area contributed by atoms with Gasteiger partial charge in [0.15, 0.2) is 0 Å². The minimum absolute atomic E-state index is 0.0675. The van der Waals surface area contributed by atoms with Crippen molar-refractivity contribution in [2.45, 2.75) is 37.5 Å². The van der Waals surface area contributed by atoms with Gasteiger partial charge in [-0.3, -0.25) is 14.4 Å². The van der Waals surface area contributed by atoms with Crippen molar-refractivity contribution in [2.24, 2.45) is 0 Å². The smallest absolute Gasteiger partial charge is 0.305 e. The molecule has 28 heavy (non-hydrogen) atoms. The molecule has 0 spiro atoms. The zero-order valence-electron chi connectivity index (χ0n) is 15.8. The molecule has 2 amide bonds. The molecule has 1 saturated heterocycles. The van der Waals surface area contributed by atoms with Crippen molar-refractivity contribution in [3.8, 4) is 5.75 Å². The molecule has 9 nitrogen and oxygen atoms in total. The number of hydrogen-bond donors (Lipinski definition) is 2. The maximum absolute atomic E-state index is 13.0. The van der Waals surface area contributed by atoms with Gasteiger partial charge in [0.2, 0.25) is 5.91 Å². The molecule has 2 N–H and O–H groups in total. The molecule has 0 aromatic heterocycles. The van der Waals surface area contributed by atoms with Crippen molar-refractivity contribution in [1.29, 1.82) is 0 Å². The molecule has 0 unspecified atom stereocenters. The Bertz CT molecular complexity index is 767. The van der Waals surface area contributed by atoms with Crippen LogP contribution in [0.4, 0.5) is 5.69 Å². The lowest BCUT2D eigenvalue weighted by atomic mass is 9.94. The van der Waals surface area contributed by atoms with Crippen LogP contribution in [0.2, 0.25) is 0 Å². The summed E-state index contributed by atoms with van der Waals surface area (Å²) in [5.74, 6) is -1.08. The van der Waals surface area contributed by atoms with E-state index in [-0.39, 0.29) is 43.6 Å². The number of anilines is 1. The first-order valence-electron chi connectivity index (χ1n) is 9.09. The van der Waals surface area contributed by atoms with Crippen LogP contribution in [0.15, 0.2) is 18.2 Å². The number of ether oxygens (including phenoxy) is 3. The van der Waals surface area contributed by atoms with Gasteiger partial charge in [-0.15, -0.1) is 0 Å². The molecule has 2 aliphatic heterocycles. The topological polar surface area (TPSA) is 114 Å². The Morgan fingerprint density at radius 2 is 2.14 bits per heavy atom. The summed E-state index contributed by atoms with van der Waals surface area (Å²) in [7, 11) is 3.13. The number of carbonyl (C=O) groups excluding carboxylic acids is 2. The van der Waals surface area contributed by atoms with Crippen LogP contribution in [0.5, 0.6) is 5.75 Å². The number of hydrogen-bond acceptors (Lipinski definition) is 6. The van der Waals surface area contributed by atoms with Gasteiger partial charge in [0.05, 0.1) is 24.1 Å². The fraction of sp³-hybridized carbons (Fsp3) is 0.526. The van der Waals surface area contributed by atoms with Gasteiger partial charge in [-0.2, -0.15) is 0 Å². The number of nitrogens with zero attached hydrogens (tertiary/aromatic N) is 1. The van der Waals surface area contributed by atoms with Gasteiger partial charge < -0.3 is 29.5 Å².